The molecule has 202 valence electrons. The van der Waals surface area contributed by atoms with Crippen LogP contribution in [0.5, 0.6) is 28.7 Å². The molecule has 2 aromatic rings. The lowest BCUT2D eigenvalue weighted by molar-refractivity contribution is -0.142. The maximum atomic E-state index is 11.7. The Kier molecular flexibility index (Phi) is 9.54. The summed E-state index contributed by atoms with van der Waals surface area (Å²) >= 11 is 6.13. The fraction of sp³-hybridized carbons (Fsp3) is 0.500. The van der Waals surface area contributed by atoms with Crippen LogP contribution in [0.1, 0.15) is 50.3 Å². The van der Waals surface area contributed by atoms with Crippen LogP contribution in [0.25, 0.3) is 0 Å². The molecular weight excluding hydrogens is 500 g/mol. The van der Waals surface area contributed by atoms with Gasteiger partial charge >= 0.3 is 11.9 Å². The summed E-state index contributed by atoms with van der Waals surface area (Å²) in [6.45, 7) is 7.77. The number of fused-ring (bicyclic) bond motifs is 1. The molecule has 1 aliphatic rings. The standard InChI is InChI=1S/C28H35ClO8/c1-7-34-27(31)22(29)16-19-8-10-20(11-9-19)35-15-14-28(4)13-12-21-17(2)23(36-18(3)30)25(32-5)26(33-6)24(21)37-28/h8-11,22H,7,12-16H2,1-6H3. The number of alkyl halides is 1. The number of carbonyl (C=O) groups excluding carboxylic acids is 2. The highest BCUT2D eigenvalue weighted by Crippen LogP contribution is 2.53. The second kappa shape index (κ2) is 12.4. The van der Waals surface area contributed by atoms with Crippen LogP contribution in [0.4, 0.5) is 0 Å². The van der Waals surface area contributed by atoms with Crippen molar-refractivity contribution in [2.45, 2.75) is 64.4 Å². The lowest BCUT2D eigenvalue weighted by Crippen LogP contribution is -2.38. The van der Waals surface area contributed by atoms with Gasteiger partial charge in [-0.1, -0.05) is 12.1 Å². The molecule has 2 atom stereocenters. The van der Waals surface area contributed by atoms with Crippen LogP contribution in [0.2, 0.25) is 0 Å². The minimum absolute atomic E-state index is 0.304. The molecule has 0 saturated carbocycles. The third kappa shape index (κ3) is 6.80. The van der Waals surface area contributed by atoms with E-state index in [9.17, 15) is 9.59 Å². The molecule has 8 nitrogen and oxygen atoms in total. The van der Waals surface area contributed by atoms with Crippen LogP contribution in [-0.2, 0) is 27.2 Å². The van der Waals surface area contributed by atoms with Crippen molar-refractivity contribution in [3.63, 3.8) is 0 Å². The second-order valence-corrected chi connectivity index (χ2v) is 9.67. The molecule has 37 heavy (non-hydrogen) atoms. The fourth-order valence-electron chi connectivity index (χ4n) is 4.36. The Bertz CT molecular complexity index is 1110. The van der Waals surface area contributed by atoms with Crippen LogP contribution >= 0.6 is 11.6 Å². The molecule has 0 aliphatic carbocycles. The third-order valence-electron chi connectivity index (χ3n) is 6.37. The van der Waals surface area contributed by atoms with Gasteiger partial charge in [-0.05, 0) is 57.7 Å². The summed E-state index contributed by atoms with van der Waals surface area (Å²) in [4.78, 5) is 23.4. The van der Waals surface area contributed by atoms with Gasteiger partial charge in [0, 0.05) is 24.5 Å². The zero-order valence-electron chi connectivity index (χ0n) is 22.3. The Morgan fingerprint density at radius 2 is 1.78 bits per heavy atom. The van der Waals surface area contributed by atoms with Crippen molar-refractivity contribution in [3.8, 4) is 28.7 Å². The third-order valence-corrected chi connectivity index (χ3v) is 6.71. The van der Waals surface area contributed by atoms with Crippen LogP contribution < -0.4 is 23.7 Å². The van der Waals surface area contributed by atoms with Crippen LogP contribution in [0.3, 0.4) is 0 Å². The Labute approximate surface area is 223 Å². The maximum Gasteiger partial charge on any atom is 0.324 e. The van der Waals surface area contributed by atoms with E-state index in [0.717, 1.165) is 29.5 Å². The molecule has 9 heteroatoms. The monoisotopic (exact) mass is 534 g/mol. The van der Waals surface area contributed by atoms with Crippen molar-refractivity contribution in [1.82, 2.24) is 0 Å². The normalized spacial score (nSPS) is 17.2. The van der Waals surface area contributed by atoms with Crippen molar-refractivity contribution < 1.29 is 38.0 Å². The number of ether oxygens (including phenoxy) is 6. The average Bonchev–Trinajstić information content (AvgIpc) is 2.86. The first-order valence-corrected chi connectivity index (χ1v) is 12.7. The molecule has 0 amide bonds. The topological polar surface area (TPSA) is 89.5 Å². The fourth-order valence-corrected chi connectivity index (χ4v) is 4.60. The molecule has 0 spiro atoms. The summed E-state index contributed by atoms with van der Waals surface area (Å²) < 4.78 is 34.0. The quantitative estimate of drug-likeness (QED) is 0.221. The van der Waals surface area contributed by atoms with E-state index in [-0.39, 0.29) is 0 Å². The Balaban J connectivity index is 1.66. The molecular formula is C28H35ClO8. The number of hydrogen-bond acceptors (Lipinski definition) is 8. The number of methoxy groups -OCH3 is 2. The molecule has 1 heterocycles. The second-order valence-electron chi connectivity index (χ2n) is 9.14. The Hall–Kier alpha value is -3.13. The van der Waals surface area contributed by atoms with Gasteiger partial charge in [0.15, 0.2) is 11.5 Å². The Morgan fingerprint density at radius 1 is 1.11 bits per heavy atom. The van der Waals surface area contributed by atoms with E-state index >= 15 is 0 Å². The summed E-state index contributed by atoms with van der Waals surface area (Å²) in [5.41, 5.74) is 2.15. The first-order valence-electron chi connectivity index (χ1n) is 12.3. The molecule has 1 aliphatic heterocycles. The maximum absolute atomic E-state index is 11.7. The summed E-state index contributed by atoms with van der Waals surface area (Å²) in [6, 6.07) is 7.49. The lowest BCUT2D eigenvalue weighted by atomic mass is 9.87. The molecule has 0 saturated heterocycles. The lowest BCUT2D eigenvalue weighted by Gasteiger charge is -2.37. The molecule has 0 radical (unpaired) electrons. The summed E-state index contributed by atoms with van der Waals surface area (Å²) in [6.07, 6.45) is 2.50. The highest BCUT2D eigenvalue weighted by Gasteiger charge is 2.37. The summed E-state index contributed by atoms with van der Waals surface area (Å²) in [5.74, 6) is 1.55. The van der Waals surface area contributed by atoms with Gasteiger partial charge in [0.1, 0.15) is 16.7 Å². The number of hydrogen-bond donors (Lipinski definition) is 0. The van der Waals surface area contributed by atoms with E-state index in [1.807, 2.05) is 38.1 Å². The predicted molar refractivity (Wildman–Crippen MR) is 139 cm³/mol. The summed E-state index contributed by atoms with van der Waals surface area (Å²) in [7, 11) is 3.04. The van der Waals surface area contributed by atoms with Crippen molar-refractivity contribution >= 4 is 23.5 Å². The van der Waals surface area contributed by atoms with Crippen molar-refractivity contribution in [2.24, 2.45) is 0 Å². The van der Waals surface area contributed by atoms with Crippen molar-refractivity contribution in [2.75, 3.05) is 27.4 Å². The van der Waals surface area contributed by atoms with Crippen LogP contribution in [0, 0.1) is 6.92 Å². The first kappa shape index (κ1) is 28.4. The highest BCUT2D eigenvalue weighted by atomic mass is 35.5. The predicted octanol–water partition coefficient (Wildman–Crippen LogP) is 5.20. The minimum Gasteiger partial charge on any atom is -0.493 e. The van der Waals surface area contributed by atoms with Crippen LogP contribution in [-0.4, -0.2) is 50.4 Å². The molecule has 0 fully saturated rings. The molecule has 0 aromatic heterocycles. The van der Waals surface area contributed by atoms with E-state index in [4.69, 9.17) is 40.0 Å². The van der Waals surface area contributed by atoms with Crippen molar-refractivity contribution in [3.05, 3.63) is 41.0 Å². The number of carbonyl (C=O) groups is 2. The molecule has 3 rings (SSSR count). The van der Waals surface area contributed by atoms with E-state index in [1.54, 1.807) is 6.92 Å². The molecule has 2 aromatic carbocycles. The first-order chi connectivity index (χ1) is 17.6. The molecule has 0 N–H and O–H groups in total. The van der Waals surface area contributed by atoms with Crippen molar-refractivity contribution in [1.29, 1.82) is 0 Å². The summed E-state index contributed by atoms with van der Waals surface area (Å²) in [5, 5.41) is -0.720. The Morgan fingerprint density at radius 3 is 2.38 bits per heavy atom. The zero-order chi connectivity index (χ0) is 27.2. The zero-order valence-corrected chi connectivity index (χ0v) is 23.0. The molecule has 0 bridgehead atoms. The van der Waals surface area contributed by atoms with Gasteiger partial charge in [-0.25, -0.2) is 0 Å². The van der Waals surface area contributed by atoms with Gasteiger partial charge < -0.3 is 28.4 Å². The van der Waals surface area contributed by atoms with Gasteiger partial charge in [0.2, 0.25) is 11.5 Å². The largest absolute Gasteiger partial charge is 0.493 e. The van der Waals surface area contributed by atoms with E-state index in [1.165, 1.54) is 21.1 Å². The number of esters is 2. The van der Waals surface area contributed by atoms with Gasteiger partial charge in [-0.2, -0.15) is 0 Å². The number of halogens is 1. The van der Waals surface area contributed by atoms with Gasteiger partial charge in [-0.15, -0.1) is 11.6 Å². The van der Waals surface area contributed by atoms with E-state index < -0.39 is 22.9 Å². The van der Waals surface area contributed by atoms with E-state index in [2.05, 4.69) is 0 Å². The smallest absolute Gasteiger partial charge is 0.324 e. The minimum atomic E-state index is -0.720. The average molecular weight is 535 g/mol. The molecule has 2 unspecified atom stereocenters. The van der Waals surface area contributed by atoms with E-state index in [0.29, 0.717) is 54.8 Å². The van der Waals surface area contributed by atoms with Gasteiger partial charge in [0.25, 0.3) is 0 Å². The highest BCUT2D eigenvalue weighted by molar-refractivity contribution is 6.30. The van der Waals surface area contributed by atoms with Gasteiger partial charge in [-0.3, -0.25) is 9.59 Å². The number of benzene rings is 2. The van der Waals surface area contributed by atoms with Crippen LogP contribution in [0.15, 0.2) is 24.3 Å². The van der Waals surface area contributed by atoms with Gasteiger partial charge in [0.05, 0.1) is 27.4 Å². The number of rotatable bonds is 11. The SMILES string of the molecule is CCOC(=O)C(Cl)Cc1ccc(OCCC2(C)CCc3c(C)c(OC(C)=O)c(OC)c(OC)c3O2)cc1.